The molecular weight excluding hydrogens is 216 g/mol. The molecule has 1 rings (SSSR count). The minimum absolute atomic E-state index is 0.0306. The summed E-state index contributed by atoms with van der Waals surface area (Å²) >= 11 is 0. The molecule has 0 amide bonds. The van der Waals surface area contributed by atoms with Gasteiger partial charge in [-0.25, -0.2) is 18.1 Å². The van der Waals surface area contributed by atoms with Gasteiger partial charge < -0.3 is 5.11 Å². The fraction of sp³-hybridized carbons (Fsp3) is 0.444. The van der Waals surface area contributed by atoms with E-state index in [0.717, 1.165) is 0 Å². The fourth-order valence-electron chi connectivity index (χ4n) is 1.04. The average Bonchev–Trinajstić information content (AvgIpc) is 2.27. The van der Waals surface area contributed by atoms with Gasteiger partial charge in [0.25, 0.3) is 10.0 Å². The Hall–Kier alpha value is -0.980. The van der Waals surface area contributed by atoms with E-state index in [2.05, 4.69) is 9.71 Å². The largest absolute Gasteiger partial charge is 0.395 e. The molecule has 0 aromatic carbocycles. The molecule has 0 aliphatic carbocycles. The second-order valence-corrected chi connectivity index (χ2v) is 4.74. The third-order valence-corrected chi connectivity index (χ3v) is 3.38. The van der Waals surface area contributed by atoms with Gasteiger partial charge in [0.05, 0.1) is 6.61 Å². The van der Waals surface area contributed by atoms with Crippen LogP contribution in [0.4, 0.5) is 0 Å². The van der Waals surface area contributed by atoms with Crippen molar-refractivity contribution in [1.82, 2.24) is 9.71 Å². The highest BCUT2D eigenvalue weighted by Crippen LogP contribution is 2.05. The molecule has 0 spiro atoms. The Balaban J connectivity index is 2.85. The third kappa shape index (κ3) is 3.26. The zero-order valence-electron chi connectivity index (χ0n) is 8.42. The van der Waals surface area contributed by atoms with Gasteiger partial charge >= 0.3 is 0 Å². The van der Waals surface area contributed by atoms with E-state index in [9.17, 15) is 8.42 Å². The number of aromatic nitrogens is 1. The summed E-state index contributed by atoms with van der Waals surface area (Å²) in [6.45, 7) is 1.57. The van der Waals surface area contributed by atoms with Crippen molar-refractivity contribution < 1.29 is 13.5 Å². The molecule has 1 atom stereocenters. The Morgan fingerprint density at radius 1 is 1.53 bits per heavy atom. The number of aliphatic hydroxyl groups is 1. The van der Waals surface area contributed by atoms with Crippen molar-refractivity contribution in [3.05, 3.63) is 24.4 Å². The lowest BCUT2D eigenvalue weighted by molar-refractivity contribution is 0.253. The van der Waals surface area contributed by atoms with E-state index < -0.39 is 16.1 Å². The third-order valence-electron chi connectivity index (χ3n) is 1.95. The quantitative estimate of drug-likeness (QED) is 0.753. The molecule has 15 heavy (non-hydrogen) atoms. The first-order valence-corrected chi connectivity index (χ1v) is 6.12. The first-order chi connectivity index (χ1) is 7.10. The molecular formula is C9H14N2O3S. The van der Waals surface area contributed by atoms with Gasteiger partial charge in [-0.2, -0.15) is 0 Å². The van der Waals surface area contributed by atoms with E-state index in [0.29, 0.717) is 6.42 Å². The first kappa shape index (κ1) is 12.1. The molecule has 84 valence electrons. The summed E-state index contributed by atoms with van der Waals surface area (Å²) in [5, 5.41) is 8.86. The zero-order valence-corrected chi connectivity index (χ0v) is 9.24. The van der Waals surface area contributed by atoms with Gasteiger partial charge in [0.1, 0.15) is 0 Å². The van der Waals surface area contributed by atoms with Crippen molar-refractivity contribution in [2.75, 3.05) is 6.61 Å². The minimum atomic E-state index is -3.60. The number of nitrogens with zero attached hydrogens (tertiary/aromatic N) is 1. The molecule has 0 aliphatic rings. The van der Waals surface area contributed by atoms with Crippen LogP contribution in [0.1, 0.15) is 13.3 Å². The molecule has 1 unspecified atom stereocenters. The smallest absolute Gasteiger partial charge is 0.258 e. The van der Waals surface area contributed by atoms with Crippen LogP contribution in [0, 0.1) is 0 Å². The Morgan fingerprint density at radius 3 is 2.73 bits per heavy atom. The van der Waals surface area contributed by atoms with Crippen molar-refractivity contribution in [2.24, 2.45) is 0 Å². The van der Waals surface area contributed by atoms with Crippen LogP contribution >= 0.6 is 0 Å². The van der Waals surface area contributed by atoms with Gasteiger partial charge in [-0.3, -0.25) is 0 Å². The van der Waals surface area contributed by atoms with Crippen LogP contribution in [-0.2, 0) is 10.0 Å². The summed E-state index contributed by atoms with van der Waals surface area (Å²) in [7, 11) is -3.60. The molecule has 0 saturated heterocycles. The molecule has 1 heterocycles. The summed E-state index contributed by atoms with van der Waals surface area (Å²) in [5.41, 5.74) is 0. The van der Waals surface area contributed by atoms with E-state index in [1.54, 1.807) is 19.1 Å². The van der Waals surface area contributed by atoms with Gasteiger partial charge in [0.15, 0.2) is 5.03 Å². The minimum Gasteiger partial charge on any atom is -0.395 e. The Bertz CT molecular complexity index is 387. The maximum atomic E-state index is 11.7. The van der Waals surface area contributed by atoms with Gasteiger partial charge in [-0.1, -0.05) is 13.0 Å². The second-order valence-electron chi connectivity index (χ2n) is 3.08. The van der Waals surface area contributed by atoms with E-state index in [4.69, 9.17) is 5.11 Å². The Kier molecular flexibility index (Phi) is 4.19. The number of aliphatic hydroxyl groups excluding tert-OH is 1. The van der Waals surface area contributed by atoms with Gasteiger partial charge in [-0.05, 0) is 18.6 Å². The number of rotatable bonds is 5. The molecule has 0 aliphatic heterocycles. The summed E-state index contributed by atoms with van der Waals surface area (Å²) in [5.74, 6) is 0. The van der Waals surface area contributed by atoms with Crippen molar-refractivity contribution in [2.45, 2.75) is 24.4 Å². The van der Waals surface area contributed by atoms with Gasteiger partial charge in [0, 0.05) is 12.2 Å². The lowest BCUT2D eigenvalue weighted by Gasteiger charge is -2.13. The van der Waals surface area contributed by atoms with E-state index in [1.165, 1.54) is 12.3 Å². The van der Waals surface area contributed by atoms with Crippen LogP contribution in [0.3, 0.4) is 0 Å². The number of hydrogen-bond donors (Lipinski definition) is 2. The Morgan fingerprint density at radius 2 is 2.27 bits per heavy atom. The highest BCUT2D eigenvalue weighted by atomic mass is 32.2. The number of sulfonamides is 1. The lowest BCUT2D eigenvalue weighted by Crippen LogP contribution is -2.37. The maximum absolute atomic E-state index is 11.7. The zero-order chi connectivity index (χ0) is 11.3. The molecule has 6 heteroatoms. The highest BCUT2D eigenvalue weighted by molar-refractivity contribution is 7.89. The predicted molar refractivity (Wildman–Crippen MR) is 55.7 cm³/mol. The van der Waals surface area contributed by atoms with Crippen molar-refractivity contribution >= 4 is 10.0 Å². The summed E-state index contributed by atoms with van der Waals surface area (Å²) in [6, 6.07) is 4.19. The van der Waals surface area contributed by atoms with Crippen molar-refractivity contribution in [3.8, 4) is 0 Å². The van der Waals surface area contributed by atoms with Gasteiger partial charge in [-0.15, -0.1) is 0 Å². The molecule has 5 nitrogen and oxygen atoms in total. The maximum Gasteiger partial charge on any atom is 0.258 e. The lowest BCUT2D eigenvalue weighted by atomic mass is 10.3. The van der Waals surface area contributed by atoms with Crippen LogP contribution in [0.15, 0.2) is 29.4 Å². The molecule has 0 bridgehead atoms. The summed E-state index contributed by atoms with van der Waals surface area (Å²) in [4.78, 5) is 3.74. The van der Waals surface area contributed by atoms with Crippen LogP contribution < -0.4 is 4.72 Å². The first-order valence-electron chi connectivity index (χ1n) is 4.64. The van der Waals surface area contributed by atoms with Crippen LogP contribution in [-0.4, -0.2) is 31.2 Å². The average molecular weight is 230 g/mol. The summed E-state index contributed by atoms with van der Waals surface area (Å²) in [6.07, 6.45) is 1.94. The van der Waals surface area contributed by atoms with Crippen LogP contribution in [0.2, 0.25) is 0 Å². The van der Waals surface area contributed by atoms with E-state index in [-0.39, 0.29) is 11.6 Å². The second kappa shape index (κ2) is 5.20. The molecule has 0 radical (unpaired) electrons. The summed E-state index contributed by atoms with van der Waals surface area (Å²) < 4.78 is 25.7. The van der Waals surface area contributed by atoms with Crippen LogP contribution in [0.5, 0.6) is 0 Å². The van der Waals surface area contributed by atoms with Crippen molar-refractivity contribution in [1.29, 1.82) is 0 Å². The molecule has 0 saturated carbocycles. The van der Waals surface area contributed by atoms with Crippen molar-refractivity contribution in [3.63, 3.8) is 0 Å². The monoisotopic (exact) mass is 230 g/mol. The fourth-order valence-corrected chi connectivity index (χ4v) is 2.29. The molecule has 2 N–H and O–H groups in total. The topological polar surface area (TPSA) is 79.3 Å². The van der Waals surface area contributed by atoms with Gasteiger partial charge in [0.2, 0.25) is 0 Å². The number of nitrogens with one attached hydrogen (secondary N) is 1. The SMILES string of the molecule is CCC(CO)NS(=O)(=O)c1ccccn1. The van der Waals surface area contributed by atoms with E-state index in [1.807, 2.05) is 0 Å². The predicted octanol–water partition coefficient (Wildman–Crippen LogP) is 0.131. The number of hydrogen-bond acceptors (Lipinski definition) is 4. The number of pyridine rings is 1. The Labute approximate surface area is 89.2 Å². The van der Waals surface area contributed by atoms with E-state index >= 15 is 0 Å². The molecule has 1 aromatic heterocycles. The standard InChI is InChI=1S/C9H14N2O3S/c1-2-8(7-12)11-15(13,14)9-5-3-4-6-10-9/h3-6,8,11-12H,2,7H2,1H3. The van der Waals surface area contributed by atoms with Crippen LogP contribution in [0.25, 0.3) is 0 Å². The normalized spacial score (nSPS) is 13.7. The molecule has 1 aromatic rings. The molecule has 0 fully saturated rings. The highest BCUT2D eigenvalue weighted by Gasteiger charge is 2.18.